The first-order valence-corrected chi connectivity index (χ1v) is 6.21. The maximum Gasteiger partial charge on any atom is 0.417 e. The molecule has 0 saturated carbocycles. The number of alkyl halides is 1. The van der Waals surface area contributed by atoms with E-state index < -0.39 is 17.4 Å². The highest BCUT2D eigenvalue weighted by Gasteiger charge is 2.39. The third-order valence-corrected chi connectivity index (χ3v) is 3.04. The number of nitrogens with zero attached hydrogens (tertiary/aromatic N) is 1. The van der Waals surface area contributed by atoms with Crippen LogP contribution in [0.1, 0.15) is 12.5 Å². The normalized spacial score (nSPS) is 20.7. The molecular formula is C13H14ClNO3. The average Bonchev–Trinajstić information content (AvgIpc) is 2.71. The third kappa shape index (κ3) is 2.64. The molecule has 96 valence electrons. The first kappa shape index (κ1) is 12.9. The highest BCUT2D eigenvalue weighted by molar-refractivity contribution is 6.31. The Hall–Kier alpha value is -1.55. The largest absolute Gasteiger partial charge is 0.447 e. The summed E-state index contributed by atoms with van der Waals surface area (Å²) in [6, 6.07) is 9.40. The lowest BCUT2D eigenvalue weighted by molar-refractivity contribution is -0.128. The molecule has 2 rings (SSSR count). The Bertz CT molecular complexity index is 447. The molecule has 1 aliphatic heterocycles. The first-order valence-electron chi connectivity index (χ1n) is 5.77. The van der Waals surface area contributed by atoms with Crippen molar-refractivity contribution in [1.29, 1.82) is 0 Å². The van der Waals surface area contributed by atoms with Crippen molar-refractivity contribution in [2.45, 2.75) is 24.8 Å². The van der Waals surface area contributed by atoms with Gasteiger partial charge >= 0.3 is 6.09 Å². The molecule has 1 unspecified atom stereocenters. The summed E-state index contributed by atoms with van der Waals surface area (Å²) in [5.41, 5.74) is 1.06. The molecule has 0 bridgehead atoms. The van der Waals surface area contributed by atoms with Crippen molar-refractivity contribution in [2.75, 3.05) is 6.61 Å². The molecule has 0 aliphatic carbocycles. The van der Waals surface area contributed by atoms with Crippen LogP contribution in [0.4, 0.5) is 4.79 Å². The summed E-state index contributed by atoms with van der Waals surface area (Å²) in [7, 11) is 0. The molecule has 2 atom stereocenters. The topological polar surface area (TPSA) is 46.6 Å². The Morgan fingerprint density at radius 3 is 2.78 bits per heavy atom. The minimum atomic E-state index is -0.728. The fourth-order valence-electron chi connectivity index (χ4n) is 1.96. The Morgan fingerprint density at radius 2 is 2.17 bits per heavy atom. The lowest BCUT2D eigenvalue weighted by Crippen LogP contribution is -2.43. The number of hydrogen-bond donors (Lipinski definition) is 0. The van der Waals surface area contributed by atoms with Gasteiger partial charge in [0.05, 0.1) is 6.04 Å². The van der Waals surface area contributed by atoms with Gasteiger partial charge in [-0.05, 0) is 18.9 Å². The molecule has 4 nitrogen and oxygen atoms in total. The van der Waals surface area contributed by atoms with Gasteiger partial charge in [-0.25, -0.2) is 9.69 Å². The van der Waals surface area contributed by atoms with Crippen LogP contribution in [0.5, 0.6) is 0 Å². The molecule has 1 heterocycles. The molecule has 0 N–H and O–H groups in total. The van der Waals surface area contributed by atoms with Crippen LogP contribution in [0, 0.1) is 0 Å². The van der Waals surface area contributed by atoms with E-state index in [2.05, 4.69) is 0 Å². The third-order valence-electron chi connectivity index (χ3n) is 2.85. The zero-order valence-electron chi connectivity index (χ0n) is 10.0. The number of benzene rings is 1. The van der Waals surface area contributed by atoms with Crippen LogP contribution in [-0.2, 0) is 16.0 Å². The molecule has 2 amide bonds. The van der Waals surface area contributed by atoms with Crippen molar-refractivity contribution in [3.05, 3.63) is 35.9 Å². The van der Waals surface area contributed by atoms with Crippen molar-refractivity contribution in [2.24, 2.45) is 0 Å². The number of halogens is 1. The number of ether oxygens (including phenoxy) is 1. The molecule has 1 fully saturated rings. The molecule has 1 aromatic rings. The van der Waals surface area contributed by atoms with E-state index in [1.54, 1.807) is 6.92 Å². The van der Waals surface area contributed by atoms with Gasteiger partial charge in [-0.1, -0.05) is 30.3 Å². The fraction of sp³-hybridized carbons (Fsp3) is 0.385. The minimum Gasteiger partial charge on any atom is -0.447 e. The van der Waals surface area contributed by atoms with E-state index in [1.807, 2.05) is 30.3 Å². The Balaban J connectivity index is 2.12. The van der Waals surface area contributed by atoms with Gasteiger partial charge in [-0.2, -0.15) is 0 Å². The first-order chi connectivity index (χ1) is 8.59. The van der Waals surface area contributed by atoms with Crippen LogP contribution in [0.3, 0.4) is 0 Å². The zero-order valence-corrected chi connectivity index (χ0v) is 10.8. The smallest absolute Gasteiger partial charge is 0.417 e. The van der Waals surface area contributed by atoms with Crippen LogP contribution in [-0.4, -0.2) is 34.9 Å². The van der Waals surface area contributed by atoms with Crippen molar-refractivity contribution < 1.29 is 14.3 Å². The van der Waals surface area contributed by atoms with Gasteiger partial charge in [-0.3, -0.25) is 4.79 Å². The average molecular weight is 268 g/mol. The summed E-state index contributed by atoms with van der Waals surface area (Å²) < 4.78 is 4.93. The number of carbonyl (C=O) groups excluding carboxylic acids is 2. The summed E-state index contributed by atoms with van der Waals surface area (Å²) in [6.45, 7) is 1.78. The zero-order chi connectivity index (χ0) is 13.1. The number of cyclic esters (lactones) is 1. The molecular weight excluding hydrogens is 254 g/mol. The van der Waals surface area contributed by atoms with Gasteiger partial charge < -0.3 is 4.74 Å². The molecule has 0 radical (unpaired) electrons. The maximum atomic E-state index is 11.8. The predicted molar refractivity (Wildman–Crippen MR) is 67.4 cm³/mol. The molecule has 0 aromatic heterocycles. The molecule has 1 saturated heterocycles. The monoisotopic (exact) mass is 267 g/mol. The summed E-state index contributed by atoms with van der Waals surface area (Å²) >= 11 is 5.74. The second-order valence-corrected chi connectivity index (χ2v) is 4.90. The van der Waals surface area contributed by atoms with Gasteiger partial charge in [0.2, 0.25) is 5.91 Å². The van der Waals surface area contributed by atoms with Crippen molar-refractivity contribution in [3.8, 4) is 0 Å². The highest BCUT2D eigenvalue weighted by atomic mass is 35.5. The lowest BCUT2D eigenvalue weighted by Gasteiger charge is -2.20. The van der Waals surface area contributed by atoms with Gasteiger partial charge in [0, 0.05) is 0 Å². The van der Waals surface area contributed by atoms with Gasteiger partial charge in [-0.15, -0.1) is 11.6 Å². The van der Waals surface area contributed by atoms with E-state index in [9.17, 15) is 9.59 Å². The number of amides is 2. The lowest BCUT2D eigenvalue weighted by atomic mass is 10.1. The van der Waals surface area contributed by atoms with Crippen molar-refractivity contribution in [3.63, 3.8) is 0 Å². The van der Waals surface area contributed by atoms with Crippen LogP contribution < -0.4 is 0 Å². The van der Waals surface area contributed by atoms with E-state index in [1.165, 1.54) is 0 Å². The fourth-order valence-corrected chi connectivity index (χ4v) is 2.06. The predicted octanol–water partition coefficient (Wildman–Crippen LogP) is 2.20. The highest BCUT2D eigenvalue weighted by Crippen LogP contribution is 2.19. The number of rotatable bonds is 3. The molecule has 1 aromatic carbocycles. The summed E-state index contributed by atoms with van der Waals surface area (Å²) in [5.74, 6) is -0.403. The van der Waals surface area contributed by atoms with E-state index in [4.69, 9.17) is 16.3 Å². The quantitative estimate of drug-likeness (QED) is 0.789. The number of carbonyl (C=O) groups is 2. The Morgan fingerprint density at radius 1 is 1.50 bits per heavy atom. The molecule has 0 spiro atoms. The van der Waals surface area contributed by atoms with E-state index in [0.29, 0.717) is 6.42 Å². The van der Waals surface area contributed by atoms with E-state index in [0.717, 1.165) is 10.5 Å². The van der Waals surface area contributed by atoms with Crippen LogP contribution >= 0.6 is 11.6 Å². The summed E-state index contributed by atoms with van der Waals surface area (Å²) in [5, 5.41) is -0.728. The van der Waals surface area contributed by atoms with Crippen molar-refractivity contribution >= 4 is 23.6 Å². The standard InChI is InChI=1S/C13H14ClNO3/c1-9(14)12(16)15-11(8-18-13(15)17)7-10-5-3-2-4-6-10/h2-6,9,11H,7-8H2,1H3/t9?,11-/m0/s1. The van der Waals surface area contributed by atoms with E-state index in [-0.39, 0.29) is 12.6 Å². The second-order valence-electron chi connectivity index (χ2n) is 4.24. The Kier molecular flexibility index (Phi) is 3.87. The summed E-state index contributed by atoms with van der Waals surface area (Å²) in [6.07, 6.45) is -0.0181. The van der Waals surface area contributed by atoms with Crippen LogP contribution in [0.25, 0.3) is 0 Å². The summed E-state index contributed by atoms with van der Waals surface area (Å²) in [4.78, 5) is 24.5. The van der Waals surface area contributed by atoms with Gasteiger partial charge in [0.15, 0.2) is 0 Å². The number of hydrogen-bond acceptors (Lipinski definition) is 3. The van der Waals surface area contributed by atoms with E-state index >= 15 is 0 Å². The maximum absolute atomic E-state index is 11.8. The number of imide groups is 1. The Labute approximate surface area is 110 Å². The minimum absolute atomic E-state index is 0.225. The second kappa shape index (κ2) is 5.40. The van der Waals surface area contributed by atoms with Gasteiger partial charge in [0.25, 0.3) is 0 Å². The SMILES string of the molecule is CC(Cl)C(=O)N1C(=O)OC[C@@H]1Cc1ccccc1. The van der Waals surface area contributed by atoms with Gasteiger partial charge in [0.1, 0.15) is 12.0 Å². The molecule has 18 heavy (non-hydrogen) atoms. The van der Waals surface area contributed by atoms with Crippen LogP contribution in [0.2, 0.25) is 0 Å². The van der Waals surface area contributed by atoms with Crippen LogP contribution in [0.15, 0.2) is 30.3 Å². The molecule has 1 aliphatic rings. The van der Waals surface area contributed by atoms with Crippen molar-refractivity contribution in [1.82, 2.24) is 4.90 Å². The molecule has 5 heteroatoms.